The fraction of sp³-hybridized carbons (Fsp3) is 0.667. The molecule has 2 heterocycles. The molecular formula is C18H29Cl2N3O2. The van der Waals surface area contributed by atoms with Crippen LogP contribution in [0.2, 0.25) is 0 Å². The summed E-state index contributed by atoms with van der Waals surface area (Å²) in [4.78, 5) is 16.7. The summed E-state index contributed by atoms with van der Waals surface area (Å²) in [6.45, 7) is 4.53. The minimum absolute atomic E-state index is 0. The molecule has 1 saturated carbocycles. The summed E-state index contributed by atoms with van der Waals surface area (Å²) in [6, 6.07) is 3.74. The fourth-order valence-corrected chi connectivity index (χ4v) is 3.27. The van der Waals surface area contributed by atoms with E-state index >= 15 is 0 Å². The van der Waals surface area contributed by atoms with E-state index in [0.717, 1.165) is 19.7 Å². The second kappa shape index (κ2) is 10.8. The Bertz CT molecular complexity index is 535. The van der Waals surface area contributed by atoms with Crippen LogP contribution in [0, 0.1) is 17.8 Å². The van der Waals surface area contributed by atoms with Crippen LogP contribution in [0.3, 0.4) is 0 Å². The van der Waals surface area contributed by atoms with Crippen LogP contribution >= 0.6 is 24.8 Å². The second-order valence-electron chi connectivity index (χ2n) is 6.86. The van der Waals surface area contributed by atoms with Gasteiger partial charge in [0.2, 0.25) is 5.91 Å². The molecule has 1 aliphatic carbocycles. The summed E-state index contributed by atoms with van der Waals surface area (Å²) in [7, 11) is 0. The van der Waals surface area contributed by atoms with Crippen LogP contribution in [-0.2, 0) is 4.79 Å². The molecule has 1 aliphatic heterocycles. The highest BCUT2D eigenvalue weighted by Gasteiger charge is 2.29. The third kappa shape index (κ3) is 6.01. The molecule has 1 atom stereocenters. The highest BCUT2D eigenvalue weighted by Crippen LogP contribution is 2.27. The number of anilines is 1. The molecule has 1 aromatic rings. The Morgan fingerprint density at radius 3 is 2.68 bits per heavy atom. The molecule has 2 N–H and O–H groups in total. The summed E-state index contributed by atoms with van der Waals surface area (Å²) in [5.74, 6) is 2.30. The Hall–Kier alpha value is -1.04. The minimum atomic E-state index is -0.00977. The molecule has 1 amide bonds. The van der Waals surface area contributed by atoms with Gasteiger partial charge in [0, 0.05) is 12.1 Å². The van der Waals surface area contributed by atoms with Crippen LogP contribution in [0.4, 0.5) is 5.82 Å². The number of hydrogen-bond donors (Lipinski definition) is 2. The Balaban J connectivity index is 0.00000156. The number of carbonyl (C=O) groups is 1. The van der Waals surface area contributed by atoms with Crippen molar-refractivity contribution in [2.24, 2.45) is 17.8 Å². The van der Waals surface area contributed by atoms with Crippen molar-refractivity contribution in [1.82, 2.24) is 10.3 Å². The highest BCUT2D eigenvalue weighted by molar-refractivity contribution is 5.92. The van der Waals surface area contributed by atoms with Crippen molar-refractivity contribution in [3.05, 3.63) is 18.3 Å². The topological polar surface area (TPSA) is 63.2 Å². The molecule has 5 nitrogen and oxygen atoms in total. The van der Waals surface area contributed by atoms with Gasteiger partial charge in [-0.25, -0.2) is 4.98 Å². The van der Waals surface area contributed by atoms with E-state index in [0.29, 0.717) is 23.4 Å². The van der Waals surface area contributed by atoms with Crippen molar-refractivity contribution >= 4 is 36.5 Å². The van der Waals surface area contributed by atoms with Crippen molar-refractivity contribution in [3.63, 3.8) is 0 Å². The summed E-state index contributed by atoms with van der Waals surface area (Å²) in [6.07, 6.45) is 8.13. The standard InChI is InChI=1S/C18H27N3O2.2ClH/c1-13(15-10-19-11-15)18(22)21-17-16(8-5-9-20-17)23-12-14-6-3-2-4-7-14;;/h5,8-9,13-15,19H,2-4,6-7,10-12H2,1H3,(H,20,21,22);2*1H. The number of carbonyl (C=O) groups excluding carboxylic acids is 1. The van der Waals surface area contributed by atoms with Crippen molar-refractivity contribution in [2.45, 2.75) is 39.0 Å². The third-order valence-corrected chi connectivity index (χ3v) is 5.15. The van der Waals surface area contributed by atoms with Crippen LogP contribution < -0.4 is 15.4 Å². The predicted molar refractivity (Wildman–Crippen MR) is 105 cm³/mol. The van der Waals surface area contributed by atoms with Crippen molar-refractivity contribution in [1.29, 1.82) is 0 Å². The SMILES string of the molecule is CC(C(=O)Nc1ncccc1OCC1CCCCC1)C1CNC1.Cl.Cl. The molecule has 142 valence electrons. The van der Waals surface area contributed by atoms with E-state index in [2.05, 4.69) is 15.6 Å². The smallest absolute Gasteiger partial charge is 0.228 e. The van der Waals surface area contributed by atoms with Gasteiger partial charge in [0.1, 0.15) is 0 Å². The van der Waals surface area contributed by atoms with Crippen LogP contribution in [0.5, 0.6) is 5.75 Å². The molecule has 1 unspecified atom stereocenters. The van der Waals surface area contributed by atoms with E-state index in [1.807, 2.05) is 19.1 Å². The molecule has 25 heavy (non-hydrogen) atoms. The zero-order chi connectivity index (χ0) is 16.1. The van der Waals surface area contributed by atoms with Crippen LogP contribution in [0.15, 0.2) is 18.3 Å². The Morgan fingerprint density at radius 1 is 1.32 bits per heavy atom. The molecule has 0 bridgehead atoms. The van der Waals surface area contributed by atoms with Gasteiger partial charge in [-0.3, -0.25) is 4.79 Å². The first-order chi connectivity index (χ1) is 11.2. The third-order valence-electron chi connectivity index (χ3n) is 5.15. The maximum absolute atomic E-state index is 12.4. The Kier molecular flexibility index (Phi) is 9.54. The zero-order valence-corrected chi connectivity index (χ0v) is 16.3. The molecule has 0 spiro atoms. The largest absolute Gasteiger partial charge is 0.489 e. The number of aromatic nitrogens is 1. The van der Waals surface area contributed by atoms with Gasteiger partial charge in [-0.15, -0.1) is 24.8 Å². The predicted octanol–water partition coefficient (Wildman–Crippen LogP) is 3.68. The van der Waals surface area contributed by atoms with Gasteiger partial charge in [0.15, 0.2) is 11.6 Å². The minimum Gasteiger partial charge on any atom is -0.489 e. The maximum atomic E-state index is 12.4. The maximum Gasteiger partial charge on any atom is 0.228 e. The van der Waals surface area contributed by atoms with E-state index in [9.17, 15) is 4.79 Å². The molecule has 2 aliphatic rings. The number of rotatable bonds is 6. The molecule has 2 fully saturated rings. The van der Waals surface area contributed by atoms with Crippen molar-refractivity contribution in [3.8, 4) is 5.75 Å². The van der Waals surface area contributed by atoms with Gasteiger partial charge in [-0.2, -0.15) is 0 Å². The monoisotopic (exact) mass is 389 g/mol. The Labute approximate surface area is 162 Å². The van der Waals surface area contributed by atoms with Gasteiger partial charge in [-0.05, 0) is 49.9 Å². The first kappa shape index (κ1) is 22.0. The molecular weight excluding hydrogens is 361 g/mol. The van der Waals surface area contributed by atoms with Crippen molar-refractivity contribution in [2.75, 3.05) is 25.0 Å². The Morgan fingerprint density at radius 2 is 2.04 bits per heavy atom. The highest BCUT2D eigenvalue weighted by atomic mass is 35.5. The second-order valence-corrected chi connectivity index (χ2v) is 6.86. The average molecular weight is 390 g/mol. The van der Waals surface area contributed by atoms with Crippen LogP contribution in [-0.4, -0.2) is 30.6 Å². The lowest BCUT2D eigenvalue weighted by molar-refractivity contribution is -0.121. The number of halogens is 2. The van der Waals surface area contributed by atoms with E-state index in [4.69, 9.17) is 4.74 Å². The first-order valence-electron chi connectivity index (χ1n) is 8.83. The normalized spacial score (nSPS) is 18.9. The molecule has 7 heteroatoms. The quantitative estimate of drug-likeness (QED) is 0.778. The lowest BCUT2D eigenvalue weighted by Gasteiger charge is -2.31. The van der Waals surface area contributed by atoms with E-state index < -0.39 is 0 Å². The van der Waals surface area contributed by atoms with Crippen LogP contribution in [0.1, 0.15) is 39.0 Å². The van der Waals surface area contributed by atoms with Gasteiger partial charge >= 0.3 is 0 Å². The van der Waals surface area contributed by atoms with Crippen molar-refractivity contribution < 1.29 is 9.53 Å². The molecule has 1 aromatic heterocycles. The molecule has 0 aromatic carbocycles. The summed E-state index contributed by atoms with van der Waals surface area (Å²) >= 11 is 0. The fourth-order valence-electron chi connectivity index (χ4n) is 3.27. The molecule has 0 radical (unpaired) electrons. The summed E-state index contributed by atoms with van der Waals surface area (Å²) < 4.78 is 5.97. The zero-order valence-electron chi connectivity index (χ0n) is 14.7. The molecule has 3 rings (SSSR count). The number of hydrogen-bond acceptors (Lipinski definition) is 4. The number of ether oxygens (including phenoxy) is 1. The van der Waals surface area contributed by atoms with Crippen LogP contribution in [0.25, 0.3) is 0 Å². The first-order valence-corrected chi connectivity index (χ1v) is 8.83. The average Bonchev–Trinajstić information content (AvgIpc) is 2.53. The lowest BCUT2D eigenvalue weighted by atomic mass is 9.88. The lowest BCUT2D eigenvalue weighted by Crippen LogP contribution is -2.48. The van der Waals surface area contributed by atoms with E-state index in [1.165, 1.54) is 32.1 Å². The van der Waals surface area contributed by atoms with Gasteiger partial charge < -0.3 is 15.4 Å². The summed E-state index contributed by atoms with van der Waals surface area (Å²) in [5.41, 5.74) is 0. The van der Waals surface area contributed by atoms with Gasteiger partial charge in [-0.1, -0.05) is 26.2 Å². The number of amides is 1. The number of nitrogens with zero attached hydrogens (tertiary/aromatic N) is 1. The van der Waals surface area contributed by atoms with Gasteiger partial charge in [0.25, 0.3) is 0 Å². The van der Waals surface area contributed by atoms with E-state index in [-0.39, 0.29) is 36.6 Å². The number of nitrogens with one attached hydrogen (secondary N) is 2. The molecule has 1 saturated heterocycles. The summed E-state index contributed by atoms with van der Waals surface area (Å²) in [5, 5.41) is 6.15. The van der Waals surface area contributed by atoms with Gasteiger partial charge in [0.05, 0.1) is 6.61 Å². The number of pyridine rings is 1. The van der Waals surface area contributed by atoms with E-state index in [1.54, 1.807) is 6.20 Å².